The lowest BCUT2D eigenvalue weighted by molar-refractivity contribution is 0.0939. The fourth-order valence-electron chi connectivity index (χ4n) is 3.61. The van der Waals surface area contributed by atoms with Crippen LogP contribution in [0.2, 0.25) is 0 Å². The van der Waals surface area contributed by atoms with E-state index in [0.717, 1.165) is 44.3 Å². The number of sulfonamides is 1. The highest BCUT2D eigenvalue weighted by Gasteiger charge is 2.31. The first-order chi connectivity index (χ1) is 11.9. The Labute approximate surface area is 162 Å². The molecule has 1 aromatic rings. The molecule has 2 fully saturated rings. The van der Waals surface area contributed by atoms with E-state index in [0.29, 0.717) is 12.1 Å². The Balaban J connectivity index is 0.00000243. The summed E-state index contributed by atoms with van der Waals surface area (Å²) in [6.07, 6.45) is 3.73. The third-order valence-corrected chi connectivity index (χ3v) is 7.21. The van der Waals surface area contributed by atoms with E-state index in [1.54, 1.807) is 16.4 Å². The molecule has 0 radical (unpaired) electrons. The van der Waals surface area contributed by atoms with Gasteiger partial charge in [-0.2, -0.15) is 4.31 Å². The number of hydrogen-bond acceptors (Lipinski definition) is 4. The van der Waals surface area contributed by atoms with Gasteiger partial charge in [0.05, 0.1) is 4.90 Å². The van der Waals surface area contributed by atoms with Crippen LogP contribution < -0.4 is 10.6 Å². The van der Waals surface area contributed by atoms with Crippen molar-refractivity contribution in [2.45, 2.75) is 56.5 Å². The molecule has 2 unspecified atom stereocenters. The van der Waals surface area contributed by atoms with Gasteiger partial charge in [-0.25, -0.2) is 8.42 Å². The zero-order valence-electron chi connectivity index (χ0n) is 15.3. The number of rotatable bonds is 4. The van der Waals surface area contributed by atoms with E-state index in [1.165, 1.54) is 6.07 Å². The van der Waals surface area contributed by atoms with E-state index >= 15 is 0 Å². The summed E-state index contributed by atoms with van der Waals surface area (Å²) in [7, 11) is -3.57. The molecule has 1 aromatic carbocycles. The van der Waals surface area contributed by atoms with Gasteiger partial charge < -0.3 is 10.6 Å². The number of amides is 1. The zero-order chi connectivity index (χ0) is 18.0. The third kappa shape index (κ3) is 4.39. The van der Waals surface area contributed by atoms with Crippen LogP contribution in [-0.2, 0) is 10.0 Å². The summed E-state index contributed by atoms with van der Waals surface area (Å²) in [4.78, 5) is 12.8. The molecule has 2 N–H and O–H groups in total. The van der Waals surface area contributed by atoms with Crippen LogP contribution in [0.15, 0.2) is 23.1 Å². The first-order valence-electron chi connectivity index (χ1n) is 9.03. The van der Waals surface area contributed by atoms with Crippen LogP contribution in [0.4, 0.5) is 0 Å². The fourth-order valence-corrected chi connectivity index (χ4v) is 5.34. The molecule has 0 spiro atoms. The molecular weight excluding hydrogens is 374 g/mol. The molecule has 146 valence electrons. The van der Waals surface area contributed by atoms with Gasteiger partial charge in [0.2, 0.25) is 10.0 Å². The lowest BCUT2D eigenvalue weighted by Crippen LogP contribution is -2.42. The van der Waals surface area contributed by atoms with Gasteiger partial charge >= 0.3 is 0 Å². The minimum atomic E-state index is -3.57. The molecule has 6 nitrogen and oxygen atoms in total. The number of aryl methyl sites for hydroxylation is 1. The molecule has 3 rings (SSSR count). The SMILES string of the molecule is Cc1ccc(S(=O)(=O)N2CCCCC2C)cc1C(=O)NC1CCNC1.Cl. The average molecular weight is 402 g/mol. The van der Waals surface area contributed by atoms with Crippen molar-refractivity contribution in [3.05, 3.63) is 29.3 Å². The Bertz CT molecular complexity index is 748. The summed E-state index contributed by atoms with van der Waals surface area (Å²) in [5.41, 5.74) is 1.23. The highest BCUT2D eigenvalue weighted by atomic mass is 35.5. The summed E-state index contributed by atoms with van der Waals surface area (Å²) in [6.45, 7) is 5.99. The molecule has 0 bridgehead atoms. The molecule has 1 amide bonds. The van der Waals surface area contributed by atoms with Crippen molar-refractivity contribution in [2.75, 3.05) is 19.6 Å². The van der Waals surface area contributed by atoms with Crippen molar-refractivity contribution < 1.29 is 13.2 Å². The molecule has 2 aliphatic heterocycles. The maximum Gasteiger partial charge on any atom is 0.251 e. The van der Waals surface area contributed by atoms with Crippen molar-refractivity contribution >= 4 is 28.3 Å². The Hall–Kier alpha value is -1.15. The van der Waals surface area contributed by atoms with Crippen LogP contribution in [0.25, 0.3) is 0 Å². The van der Waals surface area contributed by atoms with Crippen LogP contribution >= 0.6 is 12.4 Å². The number of carbonyl (C=O) groups is 1. The molecule has 0 aromatic heterocycles. The van der Waals surface area contributed by atoms with Crippen LogP contribution in [0.3, 0.4) is 0 Å². The lowest BCUT2D eigenvalue weighted by atomic mass is 10.1. The number of halogens is 1. The van der Waals surface area contributed by atoms with Crippen molar-refractivity contribution in [3.8, 4) is 0 Å². The van der Waals surface area contributed by atoms with E-state index in [4.69, 9.17) is 0 Å². The zero-order valence-corrected chi connectivity index (χ0v) is 17.0. The van der Waals surface area contributed by atoms with E-state index < -0.39 is 10.0 Å². The van der Waals surface area contributed by atoms with E-state index in [1.807, 2.05) is 13.8 Å². The highest BCUT2D eigenvalue weighted by molar-refractivity contribution is 7.89. The predicted octanol–water partition coefficient (Wildman–Crippen LogP) is 2.07. The Kier molecular flexibility index (Phi) is 7.07. The van der Waals surface area contributed by atoms with Crippen molar-refractivity contribution in [1.82, 2.24) is 14.9 Å². The predicted molar refractivity (Wildman–Crippen MR) is 104 cm³/mol. The maximum absolute atomic E-state index is 13.0. The van der Waals surface area contributed by atoms with Gasteiger partial charge in [-0.1, -0.05) is 12.5 Å². The second-order valence-corrected chi connectivity index (χ2v) is 8.99. The van der Waals surface area contributed by atoms with Gasteiger partial charge in [-0.3, -0.25) is 4.79 Å². The van der Waals surface area contributed by atoms with Gasteiger partial charge in [0, 0.05) is 30.7 Å². The molecule has 2 heterocycles. The van der Waals surface area contributed by atoms with Crippen LogP contribution in [0.1, 0.15) is 48.5 Å². The number of carbonyl (C=O) groups excluding carboxylic acids is 1. The number of nitrogens with zero attached hydrogens (tertiary/aromatic N) is 1. The Morgan fingerprint density at radius 3 is 2.69 bits per heavy atom. The minimum absolute atomic E-state index is 0. The fraction of sp³-hybridized carbons (Fsp3) is 0.611. The highest BCUT2D eigenvalue weighted by Crippen LogP contribution is 2.26. The summed E-state index contributed by atoms with van der Waals surface area (Å²) < 4.78 is 27.6. The van der Waals surface area contributed by atoms with Crippen molar-refractivity contribution in [2.24, 2.45) is 0 Å². The smallest absolute Gasteiger partial charge is 0.251 e. The quantitative estimate of drug-likeness (QED) is 0.809. The second kappa shape index (κ2) is 8.69. The monoisotopic (exact) mass is 401 g/mol. The Morgan fingerprint density at radius 2 is 2.04 bits per heavy atom. The lowest BCUT2D eigenvalue weighted by Gasteiger charge is -2.32. The summed E-state index contributed by atoms with van der Waals surface area (Å²) in [5.74, 6) is -0.199. The standard InChI is InChI=1S/C18H27N3O3S.ClH/c1-13-6-7-16(25(23,24)21-10-4-3-5-14(21)2)11-17(13)18(22)20-15-8-9-19-12-15;/h6-7,11,14-15,19H,3-5,8-10,12H2,1-2H3,(H,20,22);1H. The van der Waals surface area contributed by atoms with E-state index in [2.05, 4.69) is 10.6 Å². The first kappa shape index (κ1) is 21.2. The molecule has 2 aliphatic rings. The largest absolute Gasteiger partial charge is 0.348 e. The van der Waals surface area contributed by atoms with Gasteiger partial charge in [0.15, 0.2) is 0 Å². The number of nitrogens with one attached hydrogen (secondary N) is 2. The first-order valence-corrected chi connectivity index (χ1v) is 10.5. The maximum atomic E-state index is 13.0. The number of hydrogen-bond donors (Lipinski definition) is 2. The second-order valence-electron chi connectivity index (χ2n) is 7.10. The minimum Gasteiger partial charge on any atom is -0.348 e. The van der Waals surface area contributed by atoms with Crippen LogP contribution in [0.5, 0.6) is 0 Å². The van der Waals surface area contributed by atoms with Gasteiger partial charge in [-0.15, -0.1) is 12.4 Å². The number of piperidine rings is 1. The molecule has 0 aliphatic carbocycles. The average Bonchev–Trinajstić information content (AvgIpc) is 3.08. The molecule has 26 heavy (non-hydrogen) atoms. The van der Waals surface area contributed by atoms with Crippen molar-refractivity contribution in [1.29, 1.82) is 0 Å². The van der Waals surface area contributed by atoms with Gasteiger partial charge in [-0.05, 0) is 57.4 Å². The topological polar surface area (TPSA) is 78.5 Å². The van der Waals surface area contributed by atoms with Crippen LogP contribution in [0, 0.1) is 6.92 Å². The van der Waals surface area contributed by atoms with Crippen LogP contribution in [-0.4, -0.2) is 50.3 Å². The third-order valence-electron chi connectivity index (χ3n) is 5.20. The van der Waals surface area contributed by atoms with E-state index in [9.17, 15) is 13.2 Å². The summed E-state index contributed by atoms with van der Waals surface area (Å²) in [6, 6.07) is 4.98. The Morgan fingerprint density at radius 1 is 1.27 bits per heavy atom. The van der Waals surface area contributed by atoms with E-state index in [-0.39, 0.29) is 35.3 Å². The molecule has 0 saturated carbocycles. The summed E-state index contributed by atoms with van der Waals surface area (Å²) >= 11 is 0. The van der Waals surface area contributed by atoms with Gasteiger partial charge in [0.1, 0.15) is 0 Å². The normalized spacial score (nSPS) is 24.1. The summed E-state index contributed by atoms with van der Waals surface area (Å²) in [5, 5.41) is 6.20. The molecule has 2 saturated heterocycles. The van der Waals surface area contributed by atoms with Gasteiger partial charge in [0.25, 0.3) is 5.91 Å². The molecule has 8 heteroatoms. The number of benzene rings is 1. The van der Waals surface area contributed by atoms with Crippen molar-refractivity contribution in [3.63, 3.8) is 0 Å². The molecule has 2 atom stereocenters. The molecular formula is C18H28ClN3O3S.